The van der Waals surface area contributed by atoms with Crippen molar-refractivity contribution in [1.82, 2.24) is 9.78 Å². The molecule has 3 rings (SSSR count). The van der Waals surface area contributed by atoms with E-state index in [0.29, 0.717) is 12.2 Å². The molecule has 0 atom stereocenters. The fourth-order valence-corrected chi connectivity index (χ4v) is 2.30. The maximum Gasteiger partial charge on any atom is 0.125 e. The number of nitrogens with zero attached hydrogens (tertiary/aromatic N) is 2. The molecule has 0 aliphatic rings. The van der Waals surface area contributed by atoms with Crippen LogP contribution in [-0.4, -0.2) is 16.9 Å². The lowest BCUT2D eigenvalue weighted by Crippen LogP contribution is -2.02. The van der Waals surface area contributed by atoms with Crippen molar-refractivity contribution in [2.75, 3.05) is 12.8 Å². The van der Waals surface area contributed by atoms with Crippen LogP contribution in [0.5, 0.6) is 5.75 Å². The maximum atomic E-state index is 5.77. The molecule has 0 fully saturated rings. The molecule has 0 amide bonds. The first-order chi connectivity index (χ1) is 10.3. The van der Waals surface area contributed by atoms with Gasteiger partial charge in [0.1, 0.15) is 5.75 Å². The van der Waals surface area contributed by atoms with Crippen molar-refractivity contribution in [3.8, 4) is 16.9 Å². The largest absolute Gasteiger partial charge is 0.496 e. The van der Waals surface area contributed by atoms with Crippen LogP contribution in [0.2, 0.25) is 0 Å². The molecule has 0 aliphatic carbocycles. The molecule has 4 nitrogen and oxygen atoms in total. The van der Waals surface area contributed by atoms with E-state index in [0.717, 1.165) is 22.4 Å². The maximum absolute atomic E-state index is 5.77. The van der Waals surface area contributed by atoms with Gasteiger partial charge in [0.05, 0.1) is 19.9 Å². The number of hydrogen-bond donors (Lipinski definition) is 1. The zero-order valence-electron chi connectivity index (χ0n) is 11.9. The first-order valence-corrected chi connectivity index (χ1v) is 6.76. The summed E-state index contributed by atoms with van der Waals surface area (Å²) in [4.78, 5) is 0. The van der Waals surface area contributed by atoms with Crippen LogP contribution in [0.3, 0.4) is 0 Å². The Morgan fingerprint density at radius 1 is 1.10 bits per heavy atom. The summed E-state index contributed by atoms with van der Waals surface area (Å²) in [5.74, 6) is 0.784. The summed E-state index contributed by atoms with van der Waals surface area (Å²) in [7, 11) is 1.65. The van der Waals surface area contributed by atoms with E-state index in [1.54, 1.807) is 7.11 Å². The summed E-state index contributed by atoms with van der Waals surface area (Å²) in [6.07, 6.45) is 3.91. The topological polar surface area (TPSA) is 53.1 Å². The van der Waals surface area contributed by atoms with Gasteiger partial charge in [-0.05, 0) is 11.6 Å². The summed E-state index contributed by atoms with van der Waals surface area (Å²) in [6, 6.07) is 15.9. The van der Waals surface area contributed by atoms with Crippen LogP contribution in [0.25, 0.3) is 11.1 Å². The number of anilines is 1. The highest BCUT2D eigenvalue weighted by atomic mass is 16.5. The number of aromatic nitrogens is 2. The highest BCUT2D eigenvalue weighted by Crippen LogP contribution is 2.23. The van der Waals surface area contributed by atoms with E-state index in [9.17, 15) is 0 Å². The molecule has 0 saturated heterocycles. The van der Waals surface area contributed by atoms with Crippen molar-refractivity contribution in [3.63, 3.8) is 0 Å². The van der Waals surface area contributed by atoms with Gasteiger partial charge in [0.15, 0.2) is 0 Å². The van der Waals surface area contributed by atoms with Crippen molar-refractivity contribution in [3.05, 3.63) is 66.5 Å². The van der Waals surface area contributed by atoms with Crippen LogP contribution in [0.4, 0.5) is 5.69 Å². The summed E-state index contributed by atoms with van der Waals surface area (Å²) >= 11 is 0. The Morgan fingerprint density at radius 3 is 2.67 bits per heavy atom. The third kappa shape index (κ3) is 2.89. The predicted molar refractivity (Wildman–Crippen MR) is 84.2 cm³/mol. The summed E-state index contributed by atoms with van der Waals surface area (Å²) in [6.45, 7) is 0.649. The van der Waals surface area contributed by atoms with E-state index < -0.39 is 0 Å². The minimum atomic E-state index is 0.649. The molecule has 2 aromatic carbocycles. The van der Waals surface area contributed by atoms with E-state index in [1.165, 1.54) is 0 Å². The van der Waals surface area contributed by atoms with Crippen LogP contribution in [-0.2, 0) is 6.54 Å². The number of benzene rings is 2. The minimum absolute atomic E-state index is 0.649. The molecule has 1 aromatic heterocycles. The molecule has 21 heavy (non-hydrogen) atoms. The second kappa shape index (κ2) is 5.71. The van der Waals surface area contributed by atoms with Gasteiger partial charge < -0.3 is 10.5 Å². The summed E-state index contributed by atoms with van der Waals surface area (Å²) in [5.41, 5.74) is 9.78. The van der Waals surface area contributed by atoms with Gasteiger partial charge in [0.25, 0.3) is 0 Å². The first-order valence-electron chi connectivity index (χ1n) is 6.76. The standard InChI is InChI=1S/C17H17N3O/c1-21-17-9-16(18)8-7-14(17)11-20-12-15(10-19-20)13-5-3-2-4-6-13/h2-10,12H,11,18H2,1H3. The summed E-state index contributed by atoms with van der Waals surface area (Å²) in [5, 5.41) is 4.42. The number of rotatable bonds is 4. The van der Waals surface area contributed by atoms with Gasteiger partial charge in [-0.2, -0.15) is 5.10 Å². The summed E-state index contributed by atoms with van der Waals surface area (Å²) < 4.78 is 7.27. The Bertz CT molecular complexity index is 735. The van der Waals surface area contributed by atoms with Crippen molar-refractivity contribution in [2.24, 2.45) is 0 Å². The first kappa shape index (κ1) is 13.2. The molecule has 0 spiro atoms. The number of ether oxygens (including phenoxy) is 1. The molecular weight excluding hydrogens is 262 g/mol. The predicted octanol–water partition coefficient (Wildman–Crippen LogP) is 3.19. The van der Waals surface area contributed by atoms with Gasteiger partial charge in [-0.1, -0.05) is 36.4 Å². The van der Waals surface area contributed by atoms with Gasteiger partial charge in [0, 0.05) is 29.1 Å². The van der Waals surface area contributed by atoms with Gasteiger partial charge in [0.2, 0.25) is 0 Å². The van der Waals surface area contributed by atoms with E-state index >= 15 is 0 Å². The zero-order chi connectivity index (χ0) is 14.7. The molecule has 1 heterocycles. The third-order valence-electron chi connectivity index (χ3n) is 3.38. The van der Waals surface area contributed by atoms with E-state index in [1.807, 2.05) is 53.5 Å². The van der Waals surface area contributed by atoms with Crippen LogP contribution >= 0.6 is 0 Å². The van der Waals surface area contributed by atoms with Crippen molar-refractivity contribution in [1.29, 1.82) is 0 Å². The Hall–Kier alpha value is -2.75. The van der Waals surface area contributed by atoms with E-state index in [2.05, 4.69) is 17.2 Å². The fraction of sp³-hybridized carbons (Fsp3) is 0.118. The molecule has 0 bridgehead atoms. The SMILES string of the molecule is COc1cc(N)ccc1Cn1cc(-c2ccccc2)cn1. The average Bonchev–Trinajstić information content (AvgIpc) is 2.98. The highest BCUT2D eigenvalue weighted by Gasteiger charge is 2.06. The van der Waals surface area contributed by atoms with E-state index in [4.69, 9.17) is 10.5 Å². The molecule has 4 heteroatoms. The molecule has 106 valence electrons. The Balaban J connectivity index is 1.85. The normalized spacial score (nSPS) is 10.5. The second-order valence-corrected chi connectivity index (χ2v) is 4.86. The van der Waals surface area contributed by atoms with Crippen molar-refractivity contribution < 1.29 is 4.74 Å². The smallest absolute Gasteiger partial charge is 0.125 e. The quantitative estimate of drug-likeness (QED) is 0.746. The monoisotopic (exact) mass is 279 g/mol. The molecule has 3 aromatic rings. The van der Waals surface area contributed by atoms with E-state index in [-0.39, 0.29) is 0 Å². The molecule has 0 radical (unpaired) electrons. The van der Waals surface area contributed by atoms with Gasteiger partial charge in [-0.25, -0.2) is 0 Å². The second-order valence-electron chi connectivity index (χ2n) is 4.86. The lowest BCUT2D eigenvalue weighted by Gasteiger charge is -2.09. The zero-order valence-corrected chi connectivity index (χ0v) is 11.9. The molecule has 0 aliphatic heterocycles. The van der Waals surface area contributed by atoms with Crippen molar-refractivity contribution >= 4 is 5.69 Å². The van der Waals surface area contributed by atoms with Gasteiger partial charge in [-0.3, -0.25) is 4.68 Å². The van der Waals surface area contributed by atoms with Crippen LogP contribution in [0.15, 0.2) is 60.9 Å². The third-order valence-corrected chi connectivity index (χ3v) is 3.38. The lowest BCUT2D eigenvalue weighted by molar-refractivity contribution is 0.407. The van der Waals surface area contributed by atoms with Crippen molar-refractivity contribution in [2.45, 2.75) is 6.54 Å². The number of methoxy groups -OCH3 is 1. The fourth-order valence-electron chi connectivity index (χ4n) is 2.30. The minimum Gasteiger partial charge on any atom is -0.496 e. The Labute approximate surface area is 123 Å². The molecular formula is C17H17N3O. The van der Waals surface area contributed by atoms with Crippen LogP contribution in [0, 0.1) is 0 Å². The molecule has 0 unspecified atom stereocenters. The number of hydrogen-bond acceptors (Lipinski definition) is 3. The Morgan fingerprint density at radius 2 is 1.90 bits per heavy atom. The lowest BCUT2D eigenvalue weighted by atomic mass is 10.1. The number of nitrogens with two attached hydrogens (primary N) is 1. The molecule has 0 saturated carbocycles. The number of nitrogen functional groups attached to an aromatic ring is 1. The van der Waals surface area contributed by atoms with Crippen LogP contribution in [0.1, 0.15) is 5.56 Å². The molecule has 2 N–H and O–H groups in total. The van der Waals surface area contributed by atoms with Gasteiger partial charge in [-0.15, -0.1) is 0 Å². The highest BCUT2D eigenvalue weighted by molar-refractivity contribution is 5.61. The van der Waals surface area contributed by atoms with Crippen LogP contribution < -0.4 is 10.5 Å². The van der Waals surface area contributed by atoms with Gasteiger partial charge >= 0.3 is 0 Å². The Kier molecular flexibility index (Phi) is 3.60. The average molecular weight is 279 g/mol.